The van der Waals surface area contributed by atoms with Gasteiger partial charge in [-0.1, -0.05) is 6.07 Å². The molecule has 0 amide bonds. The number of benzene rings is 1. The monoisotopic (exact) mass is 319 g/mol. The van der Waals surface area contributed by atoms with Crippen LogP contribution in [0.25, 0.3) is 10.9 Å². The normalized spacial score (nSPS) is 17.0. The van der Waals surface area contributed by atoms with Crippen molar-refractivity contribution in [3.63, 3.8) is 0 Å². The Bertz CT molecular complexity index is 767. The molecule has 0 saturated heterocycles. The fourth-order valence-electron chi connectivity index (χ4n) is 2.60. The number of sulfonamides is 1. The minimum Gasteiger partial charge on any atom is -0.299 e. The molecule has 118 valence electrons. The number of nitrogens with one attached hydrogen (secondary N) is 1. The molecule has 1 aromatic carbocycles. The molecule has 22 heavy (non-hydrogen) atoms. The number of hydrogen-bond donors (Lipinski definition) is 1. The molecule has 2 aromatic rings. The predicted molar refractivity (Wildman–Crippen MR) is 87.2 cm³/mol. The molecule has 6 heteroatoms. The average molecular weight is 319 g/mol. The largest absolute Gasteiger partial charge is 0.299 e. The van der Waals surface area contributed by atoms with Crippen LogP contribution in [0, 0.1) is 0 Å². The second-order valence-corrected chi connectivity index (χ2v) is 7.66. The van der Waals surface area contributed by atoms with Crippen LogP contribution < -0.4 is 4.72 Å². The molecule has 1 atom stereocenters. The summed E-state index contributed by atoms with van der Waals surface area (Å²) in [5, 5.41) is 0.653. The van der Waals surface area contributed by atoms with Crippen LogP contribution in [-0.4, -0.2) is 44.0 Å². The van der Waals surface area contributed by atoms with Gasteiger partial charge in [0.2, 0.25) is 10.0 Å². The molecule has 1 N–H and O–H groups in total. The Morgan fingerprint density at radius 3 is 2.82 bits per heavy atom. The number of nitrogens with zero attached hydrogens (tertiary/aromatic N) is 2. The van der Waals surface area contributed by atoms with Crippen LogP contribution in [0.15, 0.2) is 41.4 Å². The van der Waals surface area contributed by atoms with Crippen molar-refractivity contribution in [2.75, 3.05) is 13.6 Å². The minimum atomic E-state index is -3.54. The third-order valence-electron chi connectivity index (χ3n) is 4.28. The van der Waals surface area contributed by atoms with E-state index in [0.717, 1.165) is 0 Å². The van der Waals surface area contributed by atoms with Crippen LogP contribution in [0.2, 0.25) is 0 Å². The SMILES string of the molecule is CC(CNS(=O)(=O)c1cccc2ncccc12)N(C)C1CC1. The van der Waals surface area contributed by atoms with E-state index in [-0.39, 0.29) is 6.04 Å². The lowest BCUT2D eigenvalue weighted by molar-refractivity contribution is 0.248. The van der Waals surface area contributed by atoms with Crippen molar-refractivity contribution in [3.8, 4) is 0 Å². The van der Waals surface area contributed by atoms with E-state index in [1.165, 1.54) is 12.8 Å². The lowest BCUT2D eigenvalue weighted by atomic mass is 10.2. The zero-order valence-electron chi connectivity index (χ0n) is 12.9. The number of hydrogen-bond acceptors (Lipinski definition) is 4. The quantitative estimate of drug-likeness (QED) is 0.884. The van der Waals surface area contributed by atoms with Gasteiger partial charge < -0.3 is 0 Å². The third-order valence-corrected chi connectivity index (χ3v) is 5.76. The van der Waals surface area contributed by atoms with E-state index in [0.29, 0.717) is 28.4 Å². The molecule has 1 aromatic heterocycles. The molecule has 5 nitrogen and oxygen atoms in total. The zero-order valence-corrected chi connectivity index (χ0v) is 13.7. The van der Waals surface area contributed by atoms with Gasteiger partial charge in [0.15, 0.2) is 0 Å². The maximum Gasteiger partial charge on any atom is 0.241 e. The summed E-state index contributed by atoms with van der Waals surface area (Å²) in [6.45, 7) is 2.46. The maximum atomic E-state index is 12.6. The molecular weight excluding hydrogens is 298 g/mol. The number of pyridine rings is 1. The standard InChI is InChI=1S/C16H21N3O2S/c1-12(19(2)13-8-9-13)11-18-22(20,21)16-7-3-6-15-14(16)5-4-10-17-15/h3-7,10,12-13,18H,8-9,11H2,1-2H3. The van der Waals surface area contributed by atoms with Gasteiger partial charge >= 0.3 is 0 Å². The molecule has 1 heterocycles. The third kappa shape index (κ3) is 3.14. The molecule has 0 radical (unpaired) electrons. The van der Waals surface area contributed by atoms with E-state index in [2.05, 4.69) is 21.7 Å². The number of aromatic nitrogens is 1. The van der Waals surface area contributed by atoms with Gasteiger partial charge in [0, 0.05) is 30.2 Å². The summed E-state index contributed by atoms with van der Waals surface area (Å²) < 4.78 is 27.9. The zero-order chi connectivity index (χ0) is 15.7. The predicted octanol–water partition coefficient (Wildman–Crippen LogP) is 2.00. The fourth-order valence-corrected chi connectivity index (χ4v) is 3.94. The van der Waals surface area contributed by atoms with Crippen LogP contribution in [0.4, 0.5) is 0 Å². The maximum absolute atomic E-state index is 12.6. The molecule has 3 rings (SSSR count). The molecule has 0 bridgehead atoms. The van der Waals surface area contributed by atoms with Crippen LogP contribution in [0.5, 0.6) is 0 Å². The van der Waals surface area contributed by atoms with E-state index in [4.69, 9.17) is 0 Å². The van der Waals surface area contributed by atoms with Crippen LogP contribution >= 0.6 is 0 Å². The van der Waals surface area contributed by atoms with Crippen LogP contribution in [0.3, 0.4) is 0 Å². The van der Waals surface area contributed by atoms with Gasteiger partial charge in [-0.25, -0.2) is 13.1 Å². The van der Waals surface area contributed by atoms with E-state index < -0.39 is 10.0 Å². The van der Waals surface area contributed by atoms with Crippen LogP contribution in [-0.2, 0) is 10.0 Å². The highest BCUT2D eigenvalue weighted by atomic mass is 32.2. The lowest BCUT2D eigenvalue weighted by Gasteiger charge is -2.24. The Morgan fingerprint density at radius 2 is 2.09 bits per heavy atom. The molecule has 0 aliphatic heterocycles. The summed E-state index contributed by atoms with van der Waals surface area (Å²) in [6, 6.07) is 9.50. The smallest absolute Gasteiger partial charge is 0.241 e. The summed E-state index contributed by atoms with van der Waals surface area (Å²) in [5.41, 5.74) is 0.688. The molecule has 1 fully saturated rings. The second kappa shape index (κ2) is 5.95. The summed E-state index contributed by atoms with van der Waals surface area (Å²) in [7, 11) is -1.48. The number of likely N-dealkylation sites (N-methyl/N-ethyl adjacent to an activating group) is 1. The van der Waals surface area contributed by atoms with Gasteiger partial charge in [0.05, 0.1) is 10.4 Å². The van der Waals surface area contributed by atoms with Crippen molar-refractivity contribution in [3.05, 3.63) is 36.5 Å². The molecule has 0 spiro atoms. The first-order chi connectivity index (χ1) is 10.5. The molecule has 1 saturated carbocycles. The first-order valence-corrected chi connectivity index (χ1v) is 9.03. The Hall–Kier alpha value is -1.50. The molecule has 1 unspecified atom stereocenters. The minimum absolute atomic E-state index is 0.176. The second-order valence-electron chi connectivity index (χ2n) is 5.92. The Labute approximate surface area is 131 Å². The average Bonchev–Trinajstić information content (AvgIpc) is 3.36. The number of fused-ring (bicyclic) bond motifs is 1. The fraction of sp³-hybridized carbons (Fsp3) is 0.438. The van der Waals surface area contributed by atoms with Crippen molar-refractivity contribution >= 4 is 20.9 Å². The van der Waals surface area contributed by atoms with Gasteiger partial charge in [0.1, 0.15) is 0 Å². The van der Waals surface area contributed by atoms with Gasteiger partial charge in [-0.3, -0.25) is 9.88 Å². The molecule has 1 aliphatic carbocycles. The summed E-state index contributed by atoms with van der Waals surface area (Å²) >= 11 is 0. The number of rotatable bonds is 6. The van der Waals surface area contributed by atoms with Crippen LogP contribution in [0.1, 0.15) is 19.8 Å². The van der Waals surface area contributed by atoms with Gasteiger partial charge in [-0.05, 0) is 51.1 Å². The van der Waals surface area contributed by atoms with E-state index >= 15 is 0 Å². The van der Waals surface area contributed by atoms with E-state index in [1.54, 1.807) is 30.5 Å². The Balaban J connectivity index is 1.79. The summed E-state index contributed by atoms with van der Waals surface area (Å²) in [4.78, 5) is 6.74. The highest BCUT2D eigenvalue weighted by Gasteiger charge is 2.29. The highest BCUT2D eigenvalue weighted by Crippen LogP contribution is 2.27. The molecular formula is C16H21N3O2S. The van der Waals surface area contributed by atoms with Gasteiger partial charge in [-0.2, -0.15) is 0 Å². The van der Waals surface area contributed by atoms with Crippen molar-refractivity contribution in [1.82, 2.24) is 14.6 Å². The van der Waals surface area contributed by atoms with Crippen molar-refractivity contribution in [1.29, 1.82) is 0 Å². The van der Waals surface area contributed by atoms with E-state index in [1.807, 2.05) is 13.0 Å². The first kappa shape index (κ1) is 15.4. The lowest BCUT2D eigenvalue weighted by Crippen LogP contribution is -2.41. The Morgan fingerprint density at radius 1 is 1.32 bits per heavy atom. The summed E-state index contributed by atoms with van der Waals surface area (Å²) in [6.07, 6.45) is 4.09. The van der Waals surface area contributed by atoms with Crippen molar-refractivity contribution in [2.45, 2.75) is 36.7 Å². The topological polar surface area (TPSA) is 62.3 Å². The van der Waals surface area contributed by atoms with E-state index in [9.17, 15) is 8.42 Å². The van der Waals surface area contributed by atoms with Gasteiger partial charge in [-0.15, -0.1) is 0 Å². The van der Waals surface area contributed by atoms with Crippen molar-refractivity contribution < 1.29 is 8.42 Å². The molecule has 1 aliphatic rings. The summed E-state index contributed by atoms with van der Waals surface area (Å²) in [5.74, 6) is 0. The van der Waals surface area contributed by atoms with Crippen molar-refractivity contribution in [2.24, 2.45) is 0 Å². The van der Waals surface area contributed by atoms with Gasteiger partial charge in [0.25, 0.3) is 0 Å². The first-order valence-electron chi connectivity index (χ1n) is 7.54. The Kier molecular flexibility index (Phi) is 4.16. The highest BCUT2D eigenvalue weighted by molar-refractivity contribution is 7.89.